The van der Waals surface area contributed by atoms with E-state index in [1.54, 1.807) is 7.11 Å². The molecule has 110 valence electrons. The Bertz CT molecular complexity index is 437. The lowest BCUT2D eigenvalue weighted by Gasteiger charge is -2.26. The van der Waals surface area contributed by atoms with Gasteiger partial charge in [-0.25, -0.2) is 0 Å². The quantitative estimate of drug-likeness (QED) is 0.863. The first kappa shape index (κ1) is 13.9. The Labute approximate surface area is 122 Å². The molecule has 20 heavy (non-hydrogen) atoms. The van der Waals surface area contributed by atoms with Crippen molar-refractivity contribution >= 4 is 0 Å². The van der Waals surface area contributed by atoms with Gasteiger partial charge in [-0.2, -0.15) is 0 Å². The van der Waals surface area contributed by atoms with E-state index in [9.17, 15) is 0 Å². The number of hydrogen-bond donors (Lipinski definition) is 1. The van der Waals surface area contributed by atoms with E-state index in [4.69, 9.17) is 4.74 Å². The molecule has 3 nitrogen and oxygen atoms in total. The van der Waals surface area contributed by atoms with E-state index in [0.29, 0.717) is 0 Å². The second-order valence-electron chi connectivity index (χ2n) is 6.14. The average Bonchev–Trinajstić information content (AvgIpc) is 3.31. The van der Waals surface area contributed by atoms with Crippen molar-refractivity contribution in [2.24, 2.45) is 0 Å². The van der Waals surface area contributed by atoms with Gasteiger partial charge in [0.1, 0.15) is 5.75 Å². The van der Waals surface area contributed by atoms with E-state index in [1.807, 2.05) is 0 Å². The van der Waals surface area contributed by atoms with Gasteiger partial charge < -0.3 is 10.1 Å². The molecule has 0 amide bonds. The summed E-state index contributed by atoms with van der Waals surface area (Å²) in [5.74, 6) is 1.01. The molecule has 1 saturated carbocycles. The topological polar surface area (TPSA) is 24.5 Å². The number of hydrogen-bond acceptors (Lipinski definition) is 3. The molecule has 1 aliphatic carbocycles. The first-order valence-corrected chi connectivity index (χ1v) is 7.96. The molecule has 0 atom stereocenters. The summed E-state index contributed by atoms with van der Waals surface area (Å²) in [4.78, 5) is 2.57. The molecule has 2 aliphatic rings. The second kappa shape index (κ2) is 6.59. The Morgan fingerprint density at radius 3 is 2.70 bits per heavy atom. The van der Waals surface area contributed by atoms with Gasteiger partial charge >= 0.3 is 0 Å². The number of methoxy groups -OCH3 is 1. The van der Waals surface area contributed by atoms with Gasteiger partial charge in [0.05, 0.1) is 7.11 Å². The van der Waals surface area contributed by atoms with Crippen LogP contribution in [0.15, 0.2) is 18.2 Å². The monoisotopic (exact) mass is 274 g/mol. The highest BCUT2D eigenvalue weighted by Crippen LogP contribution is 2.24. The van der Waals surface area contributed by atoms with Crippen LogP contribution in [0.3, 0.4) is 0 Å². The molecule has 2 fully saturated rings. The Morgan fingerprint density at radius 1 is 1.20 bits per heavy atom. The molecule has 3 rings (SSSR count). The molecule has 1 saturated heterocycles. The summed E-state index contributed by atoms with van der Waals surface area (Å²) < 4.78 is 5.49. The molecule has 1 aromatic carbocycles. The fraction of sp³-hybridized carbons (Fsp3) is 0.647. The van der Waals surface area contributed by atoms with Crippen LogP contribution in [0.25, 0.3) is 0 Å². The summed E-state index contributed by atoms with van der Waals surface area (Å²) in [6.45, 7) is 4.52. The van der Waals surface area contributed by atoms with Gasteiger partial charge in [-0.1, -0.05) is 12.5 Å². The van der Waals surface area contributed by atoms with Crippen molar-refractivity contribution in [3.63, 3.8) is 0 Å². The van der Waals surface area contributed by atoms with E-state index in [2.05, 4.69) is 28.4 Å². The Morgan fingerprint density at radius 2 is 2.00 bits per heavy atom. The molecule has 0 aromatic heterocycles. The number of piperidine rings is 1. The lowest BCUT2D eigenvalue weighted by molar-refractivity contribution is 0.221. The Balaban J connectivity index is 1.65. The lowest BCUT2D eigenvalue weighted by Crippen LogP contribution is -2.29. The van der Waals surface area contributed by atoms with Crippen LogP contribution in [0.2, 0.25) is 0 Å². The summed E-state index contributed by atoms with van der Waals surface area (Å²) in [6.07, 6.45) is 6.76. The molecule has 1 aliphatic heterocycles. The molecule has 0 bridgehead atoms. The zero-order valence-corrected chi connectivity index (χ0v) is 12.5. The van der Waals surface area contributed by atoms with Crippen molar-refractivity contribution < 1.29 is 4.74 Å². The number of nitrogens with one attached hydrogen (secondary N) is 1. The summed E-state index contributed by atoms with van der Waals surface area (Å²) in [5.41, 5.74) is 2.72. The SMILES string of the molecule is COc1ccc(CN2CCCCC2)cc1CNC1CC1. The van der Waals surface area contributed by atoms with Gasteiger partial charge in [0.15, 0.2) is 0 Å². The minimum absolute atomic E-state index is 0.741. The van der Waals surface area contributed by atoms with Crippen LogP contribution >= 0.6 is 0 Å². The maximum absolute atomic E-state index is 5.49. The third-order valence-electron chi connectivity index (χ3n) is 4.36. The van der Waals surface area contributed by atoms with Crippen LogP contribution in [-0.2, 0) is 13.1 Å². The van der Waals surface area contributed by atoms with E-state index in [1.165, 1.54) is 56.3 Å². The van der Waals surface area contributed by atoms with E-state index >= 15 is 0 Å². The largest absolute Gasteiger partial charge is 0.496 e. The van der Waals surface area contributed by atoms with Crippen LogP contribution in [-0.4, -0.2) is 31.1 Å². The second-order valence-corrected chi connectivity index (χ2v) is 6.14. The summed E-state index contributed by atoms with van der Waals surface area (Å²) in [6, 6.07) is 7.41. The summed E-state index contributed by atoms with van der Waals surface area (Å²) >= 11 is 0. The number of likely N-dealkylation sites (tertiary alicyclic amines) is 1. The molecule has 1 N–H and O–H groups in total. The van der Waals surface area contributed by atoms with Crippen LogP contribution in [0.5, 0.6) is 5.75 Å². The first-order chi connectivity index (χ1) is 9.85. The number of ether oxygens (including phenoxy) is 1. The zero-order valence-electron chi connectivity index (χ0n) is 12.5. The molecule has 1 heterocycles. The third-order valence-corrected chi connectivity index (χ3v) is 4.36. The van der Waals surface area contributed by atoms with Crippen molar-refractivity contribution in [1.29, 1.82) is 0 Å². The molecule has 0 radical (unpaired) electrons. The summed E-state index contributed by atoms with van der Waals surface area (Å²) in [7, 11) is 1.76. The van der Waals surface area contributed by atoms with Crippen LogP contribution in [0, 0.1) is 0 Å². The van der Waals surface area contributed by atoms with Gasteiger partial charge in [-0.05, 0) is 56.5 Å². The fourth-order valence-corrected chi connectivity index (χ4v) is 2.99. The molecule has 3 heteroatoms. The van der Waals surface area contributed by atoms with Crippen molar-refractivity contribution in [2.45, 2.75) is 51.2 Å². The number of benzene rings is 1. The van der Waals surface area contributed by atoms with E-state index in [0.717, 1.165) is 24.9 Å². The Kier molecular flexibility index (Phi) is 4.58. The highest BCUT2D eigenvalue weighted by Gasteiger charge is 2.20. The maximum Gasteiger partial charge on any atom is 0.123 e. The van der Waals surface area contributed by atoms with E-state index in [-0.39, 0.29) is 0 Å². The highest BCUT2D eigenvalue weighted by molar-refractivity contribution is 5.37. The van der Waals surface area contributed by atoms with Gasteiger partial charge in [0, 0.05) is 24.7 Å². The van der Waals surface area contributed by atoms with Crippen molar-refractivity contribution in [2.75, 3.05) is 20.2 Å². The van der Waals surface area contributed by atoms with Crippen molar-refractivity contribution in [3.8, 4) is 5.75 Å². The first-order valence-electron chi connectivity index (χ1n) is 7.96. The maximum atomic E-state index is 5.49. The van der Waals surface area contributed by atoms with Crippen molar-refractivity contribution in [3.05, 3.63) is 29.3 Å². The minimum Gasteiger partial charge on any atom is -0.496 e. The smallest absolute Gasteiger partial charge is 0.123 e. The molecular weight excluding hydrogens is 248 g/mol. The van der Waals surface area contributed by atoms with Gasteiger partial charge in [-0.3, -0.25) is 4.90 Å². The third kappa shape index (κ3) is 3.74. The zero-order chi connectivity index (χ0) is 13.8. The predicted octanol–water partition coefficient (Wildman–Crippen LogP) is 2.93. The molecular formula is C17H26N2O. The number of rotatable bonds is 6. The standard InChI is InChI=1S/C17H26N2O/c1-20-17-8-5-14(13-19-9-3-2-4-10-19)11-15(17)12-18-16-6-7-16/h5,8,11,16,18H,2-4,6-7,9-10,12-13H2,1H3. The van der Waals surface area contributed by atoms with Gasteiger partial charge in [0.2, 0.25) is 0 Å². The van der Waals surface area contributed by atoms with E-state index < -0.39 is 0 Å². The molecule has 1 aromatic rings. The summed E-state index contributed by atoms with van der Waals surface area (Å²) in [5, 5.41) is 3.58. The highest BCUT2D eigenvalue weighted by atomic mass is 16.5. The normalized spacial score (nSPS) is 20.1. The van der Waals surface area contributed by atoms with Crippen molar-refractivity contribution in [1.82, 2.24) is 10.2 Å². The van der Waals surface area contributed by atoms with Gasteiger partial charge in [-0.15, -0.1) is 0 Å². The van der Waals surface area contributed by atoms with Crippen LogP contribution in [0.4, 0.5) is 0 Å². The minimum atomic E-state index is 0.741. The van der Waals surface area contributed by atoms with Crippen LogP contribution in [0.1, 0.15) is 43.2 Å². The fourth-order valence-electron chi connectivity index (χ4n) is 2.99. The lowest BCUT2D eigenvalue weighted by atomic mass is 10.1. The van der Waals surface area contributed by atoms with Crippen LogP contribution < -0.4 is 10.1 Å². The number of nitrogens with zero attached hydrogens (tertiary/aromatic N) is 1. The Hall–Kier alpha value is -1.06. The molecule has 0 unspecified atom stereocenters. The molecule has 0 spiro atoms. The van der Waals surface area contributed by atoms with Gasteiger partial charge in [0.25, 0.3) is 0 Å². The predicted molar refractivity (Wildman–Crippen MR) is 82.0 cm³/mol. The average molecular weight is 274 g/mol.